The Morgan fingerprint density at radius 3 is 3.00 bits per heavy atom. The molecule has 16 heavy (non-hydrogen) atoms. The van der Waals surface area contributed by atoms with Gasteiger partial charge in [-0.1, -0.05) is 6.08 Å². The molecule has 0 radical (unpaired) electrons. The Hall–Kier alpha value is -0.710. The van der Waals surface area contributed by atoms with Crippen molar-refractivity contribution in [3.63, 3.8) is 0 Å². The lowest BCUT2D eigenvalue weighted by molar-refractivity contribution is 0.242. The van der Waals surface area contributed by atoms with Gasteiger partial charge in [0.05, 0.1) is 10.7 Å². The molecule has 0 bridgehead atoms. The molecule has 0 aliphatic carbocycles. The first-order valence-corrected chi connectivity index (χ1v) is 6.44. The van der Waals surface area contributed by atoms with E-state index in [0.29, 0.717) is 6.04 Å². The molecule has 0 aliphatic heterocycles. The van der Waals surface area contributed by atoms with Crippen LogP contribution in [0.25, 0.3) is 0 Å². The topological polar surface area (TPSA) is 28.2 Å². The smallest absolute Gasteiger partial charge is 0.0897 e. The van der Waals surface area contributed by atoms with Crippen LogP contribution < -0.4 is 5.32 Å². The van der Waals surface area contributed by atoms with Gasteiger partial charge in [-0.3, -0.25) is 4.90 Å². The number of aryl methyl sites for hydroxylation is 1. The summed E-state index contributed by atoms with van der Waals surface area (Å²) in [6, 6.07) is 0.502. The number of aromatic nitrogens is 1. The van der Waals surface area contributed by atoms with Gasteiger partial charge in [0.15, 0.2) is 0 Å². The largest absolute Gasteiger partial charge is 0.312 e. The van der Waals surface area contributed by atoms with Crippen LogP contribution in [0.2, 0.25) is 0 Å². The number of likely N-dealkylation sites (N-methyl/N-ethyl adjacent to an activating group) is 1. The number of hydrogen-bond acceptors (Lipinski definition) is 4. The Labute approximate surface area is 102 Å². The number of thiazole rings is 1. The Bertz CT molecular complexity index is 322. The van der Waals surface area contributed by atoms with Gasteiger partial charge in [0, 0.05) is 31.1 Å². The van der Waals surface area contributed by atoms with Gasteiger partial charge in [-0.2, -0.15) is 0 Å². The Morgan fingerprint density at radius 1 is 1.69 bits per heavy atom. The molecular weight excluding hydrogens is 218 g/mol. The summed E-state index contributed by atoms with van der Waals surface area (Å²) in [5, 5.41) is 6.60. The van der Waals surface area contributed by atoms with Gasteiger partial charge < -0.3 is 5.32 Å². The molecule has 90 valence electrons. The lowest BCUT2D eigenvalue weighted by Crippen LogP contribution is -2.37. The molecule has 1 atom stereocenters. The molecule has 1 heterocycles. The number of rotatable bonds is 7. The highest BCUT2D eigenvalue weighted by atomic mass is 32.1. The Balaban J connectivity index is 2.33. The van der Waals surface area contributed by atoms with E-state index >= 15 is 0 Å². The van der Waals surface area contributed by atoms with E-state index in [1.165, 1.54) is 5.69 Å². The summed E-state index contributed by atoms with van der Waals surface area (Å²) in [5.41, 5.74) is 1.17. The molecule has 1 aromatic heterocycles. The van der Waals surface area contributed by atoms with Gasteiger partial charge in [-0.05, 0) is 20.9 Å². The van der Waals surface area contributed by atoms with Gasteiger partial charge in [0.2, 0.25) is 0 Å². The van der Waals surface area contributed by atoms with Gasteiger partial charge in [-0.25, -0.2) is 4.98 Å². The maximum absolute atomic E-state index is 4.47. The molecule has 0 amide bonds. The zero-order valence-corrected chi connectivity index (χ0v) is 11.2. The van der Waals surface area contributed by atoms with E-state index in [-0.39, 0.29) is 0 Å². The van der Waals surface area contributed by atoms with Crippen LogP contribution in [0.15, 0.2) is 18.0 Å². The molecule has 0 spiro atoms. The molecule has 0 saturated carbocycles. The minimum absolute atomic E-state index is 0.502. The fourth-order valence-corrected chi connectivity index (χ4v) is 2.05. The molecule has 3 nitrogen and oxygen atoms in total. The maximum Gasteiger partial charge on any atom is 0.0897 e. The zero-order valence-electron chi connectivity index (χ0n) is 10.4. The molecule has 0 fully saturated rings. The molecule has 0 aromatic carbocycles. The minimum atomic E-state index is 0.502. The number of nitrogens with zero attached hydrogens (tertiary/aromatic N) is 2. The summed E-state index contributed by atoms with van der Waals surface area (Å²) in [6.07, 6.45) is 1.89. The highest BCUT2D eigenvalue weighted by Gasteiger charge is 2.10. The van der Waals surface area contributed by atoms with E-state index in [1.807, 2.05) is 13.0 Å². The van der Waals surface area contributed by atoms with E-state index < -0.39 is 0 Å². The molecule has 4 heteroatoms. The second-order valence-electron chi connectivity index (χ2n) is 4.07. The second-order valence-corrected chi connectivity index (χ2v) is 5.13. The second kappa shape index (κ2) is 6.78. The Morgan fingerprint density at radius 2 is 2.44 bits per heavy atom. The molecule has 0 saturated heterocycles. The van der Waals surface area contributed by atoms with Crippen LogP contribution in [0, 0.1) is 6.92 Å². The third kappa shape index (κ3) is 4.43. The van der Waals surface area contributed by atoms with E-state index in [9.17, 15) is 0 Å². The first-order chi connectivity index (χ1) is 7.63. The van der Waals surface area contributed by atoms with E-state index in [4.69, 9.17) is 0 Å². The van der Waals surface area contributed by atoms with Crippen molar-refractivity contribution >= 4 is 11.3 Å². The van der Waals surface area contributed by atoms with Crippen molar-refractivity contribution in [3.8, 4) is 0 Å². The summed E-state index contributed by atoms with van der Waals surface area (Å²) >= 11 is 1.71. The van der Waals surface area contributed by atoms with Gasteiger partial charge >= 0.3 is 0 Å². The number of nitrogens with one attached hydrogen (secondary N) is 1. The minimum Gasteiger partial charge on any atom is -0.312 e. The summed E-state index contributed by atoms with van der Waals surface area (Å²) in [5.74, 6) is 0. The summed E-state index contributed by atoms with van der Waals surface area (Å²) in [7, 11) is 2.13. The van der Waals surface area contributed by atoms with Crippen molar-refractivity contribution in [3.05, 3.63) is 28.7 Å². The third-order valence-corrected chi connectivity index (χ3v) is 3.38. The van der Waals surface area contributed by atoms with Crippen molar-refractivity contribution in [2.75, 3.05) is 20.1 Å². The van der Waals surface area contributed by atoms with E-state index in [0.717, 1.165) is 24.6 Å². The highest BCUT2D eigenvalue weighted by molar-refractivity contribution is 7.09. The maximum atomic E-state index is 4.47. The number of hydrogen-bond donors (Lipinski definition) is 1. The fraction of sp³-hybridized carbons (Fsp3) is 0.583. The van der Waals surface area contributed by atoms with Crippen LogP contribution in [0.3, 0.4) is 0 Å². The fourth-order valence-electron chi connectivity index (χ4n) is 1.44. The van der Waals surface area contributed by atoms with Crippen LogP contribution in [0.1, 0.15) is 17.6 Å². The molecule has 1 N–H and O–H groups in total. The van der Waals surface area contributed by atoms with Crippen molar-refractivity contribution in [2.24, 2.45) is 0 Å². The van der Waals surface area contributed by atoms with Crippen LogP contribution in [-0.2, 0) is 6.54 Å². The normalized spacial score (nSPS) is 13.0. The predicted octanol–water partition coefficient (Wildman–Crippen LogP) is 2.05. The highest BCUT2D eigenvalue weighted by Crippen LogP contribution is 2.10. The quantitative estimate of drug-likeness (QED) is 0.583. The lowest BCUT2D eigenvalue weighted by Gasteiger charge is -2.23. The first-order valence-electron chi connectivity index (χ1n) is 5.56. The van der Waals surface area contributed by atoms with Crippen molar-refractivity contribution < 1.29 is 0 Å². The van der Waals surface area contributed by atoms with Crippen molar-refractivity contribution in [2.45, 2.75) is 26.4 Å². The van der Waals surface area contributed by atoms with Crippen molar-refractivity contribution in [1.82, 2.24) is 15.2 Å². The van der Waals surface area contributed by atoms with Gasteiger partial charge in [-0.15, -0.1) is 17.9 Å². The molecule has 0 aliphatic rings. The summed E-state index contributed by atoms with van der Waals surface area (Å²) < 4.78 is 0. The molecule has 1 rings (SSSR count). The van der Waals surface area contributed by atoms with Gasteiger partial charge in [0.1, 0.15) is 0 Å². The van der Waals surface area contributed by atoms with E-state index in [1.54, 1.807) is 11.3 Å². The summed E-state index contributed by atoms with van der Waals surface area (Å²) in [4.78, 5) is 6.78. The van der Waals surface area contributed by atoms with Crippen LogP contribution in [0.5, 0.6) is 0 Å². The zero-order chi connectivity index (χ0) is 12.0. The van der Waals surface area contributed by atoms with Gasteiger partial charge in [0.25, 0.3) is 0 Å². The summed E-state index contributed by atoms with van der Waals surface area (Å²) in [6.45, 7) is 10.7. The Kier molecular flexibility index (Phi) is 5.66. The lowest BCUT2D eigenvalue weighted by atomic mass is 10.3. The van der Waals surface area contributed by atoms with Crippen LogP contribution in [-0.4, -0.2) is 36.1 Å². The molecule has 1 unspecified atom stereocenters. The predicted molar refractivity (Wildman–Crippen MR) is 70.8 cm³/mol. The molecule has 1 aromatic rings. The van der Waals surface area contributed by atoms with Crippen LogP contribution >= 0.6 is 11.3 Å². The average molecular weight is 239 g/mol. The third-order valence-electron chi connectivity index (χ3n) is 2.56. The first kappa shape index (κ1) is 13.4. The van der Waals surface area contributed by atoms with Crippen LogP contribution in [0.4, 0.5) is 0 Å². The standard InChI is InChI=1S/C12H21N3S/c1-5-6-13-7-10(2)15(4)8-12-9-16-11(3)14-12/h5,9-10,13H,1,6-8H2,2-4H3. The average Bonchev–Trinajstić information content (AvgIpc) is 2.64. The SMILES string of the molecule is C=CCNCC(C)N(C)Cc1csc(C)n1. The monoisotopic (exact) mass is 239 g/mol. The molecular formula is C12H21N3S. The van der Waals surface area contributed by atoms with E-state index in [2.05, 4.69) is 41.1 Å². The van der Waals surface area contributed by atoms with Crippen molar-refractivity contribution in [1.29, 1.82) is 0 Å².